The summed E-state index contributed by atoms with van der Waals surface area (Å²) in [6.07, 6.45) is -4.24. The first-order chi connectivity index (χ1) is 7.48. The molecule has 1 aliphatic rings. The van der Waals surface area contributed by atoms with Gasteiger partial charge in [-0.2, -0.15) is 13.2 Å². The molecule has 0 aliphatic carbocycles. The van der Waals surface area contributed by atoms with Crippen LogP contribution in [0.4, 0.5) is 13.2 Å². The van der Waals surface area contributed by atoms with Crippen LogP contribution >= 0.6 is 0 Å². The molecule has 2 atom stereocenters. The average Bonchev–Trinajstić information content (AvgIpc) is 2.63. The van der Waals surface area contributed by atoms with Gasteiger partial charge in [-0.15, -0.1) is 0 Å². The third-order valence-electron chi connectivity index (χ3n) is 3.18. The number of alkyl halides is 3. The van der Waals surface area contributed by atoms with Gasteiger partial charge in [-0.05, 0) is 30.2 Å². The maximum Gasteiger partial charge on any atom is 0.416 e. The van der Waals surface area contributed by atoms with Crippen molar-refractivity contribution in [1.29, 1.82) is 0 Å². The van der Waals surface area contributed by atoms with Crippen LogP contribution in [0.25, 0.3) is 0 Å². The molecule has 0 spiro atoms. The van der Waals surface area contributed by atoms with Gasteiger partial charge < -0.3 is 5.32 Å². The van der Waals surface area contributed by atoms with Crippen molar-refractivity contribution in [2.24, 2.45) is 5.92 Å². The molecule has 16 heavy (non-hydrogen) atoms. The highest BCUT2D eigenvalue weighted by molar-refractivity contribution is 5.28. The molecule has 0 radical (unpaired) electrons. The van der Waals surface area contributed by atoms with Crippen LogP contribution in [0.5, 0.6) is 0 Å². The Labute approximate surface area is 92.7 Å². The van der Waals surface area contributed by atoms with Gasteiger partial charge in [0.25, 0.3) is 0 Å². The minimum Gasteiger partial charge on any atom is -0.316 e. The predicted molar refractivity (Wildman–Crippen MR) is 56.2 cm³/mol. The molecule has 1 saturated heterocycles. The third-order valence-corrected chi connectivity index (χ3v) is 3.18. The summed E-state index contributed by atoms with van der Waals surface area (Å²) in [5, 5.41) is 3.24. The van der Waals surface area contributed by atoms with Gasteiger partial charge in [0.1, 0.15) is 0 Å². The number of halogens is 3. The van der Waals surface area contributed by atoms with Crippen molar-refractivity contribution >= 4 is 0 Å². The smallest absolute Gasteiger partial charge is 0.316 e. The van der Waals surface area contributed by atoms with E-state index in [1.165, 1.54) is 12.1 Å². The standard InChI is InChI=1S/C12H14F3N/c1-8-6-16-7-11(8)9-2-4-10(5-3-9)12(13,14)15/h2-5,8,11,16H,6-7H2,1H3/t8-,11?/m1/s1. The summed E-state index contributed by atoms with van der Waals surface area (Å²) >= 11 is 0. The van der Waals surface area contributed by atoms with Crippen molar-refractivity contribution < 1.29 is 13.2 Å². The lowest BCUT2D eigenvalue weighted by atomic mass is 9.90. The van der Waals surface area contributed by atoms with Crippen molar-refractivity contribution in [2.75, 3.05) is 13.1 Å². The van der Waals surface area contributed by atoms with E-state index < -0.39 is 11.7 Å². The van der Waals surface area contributed by atoms with Gasteiger partial charge in [-0.3, -0.25) is 0 Å². The first kappa shape index (κ1) is 11.5. The average molecular weight is 229 g/mol. The van der Waals surface area contributed by atoms with Crippen molar-refractivity contribution in [3.05, 3.63) is 35.4 Å². The monoisotopic (exact) mass is 229 g/mol. The number of nitrogens with one attached hydrogen (secondary N) is 1. The highest BCUT2D eigenvalue weighted by atomic mass is 19.4. The lowest BCUT2D eigenvalue weighted by Crippen LogP contribution is -2.09. The van der Waals surface area contributed by atoms with E-state index in [9.17, 15) is 13.2 Å². The maximum atomic E-state index is 12.4. The Morgan fingerprint density at radius 2 is 1.75 bits per heavy atom. The molecule has 1 unspecified atom stereocenters. The van der Waals surface area contributed by atoms with Crippen LogP contribution in [0, 0.1) is 5.92 Å². The van der Waals surface area contributed by atoms with E-state index >= 15 is 0 Å². The van der Waals surface area contributed by atoms with Gasteiger partial charge in [0.15, 0.2) is 0 Å². The van der Waals surface area contributed by atoms with E-state index in [4.69, 9.17) is 0 Å². The summed E-state index contributed by atoms with van der Waals surface area (Å²) in [6.45, 7) is 3.90. The van der Waals surface area contributed by atoms with E-state index in [1.54, 1.807) is 12.1 Å². The lowest BCUT2D eigenvalue weighted by molar-refractivity contribution is -0.137. The molecule has 0 bridgehead atoms. The molecule has 1 heterocycles. The Bertz CT molecular complexity index is 356. The highest BCUT2D eigenvalue weighted by Crippen LogP contribution is 2.32. The fourth-order valence-corrected chi connectivity index (χ4v) is 2.18. The Morgan fingerprint density at radius 1 is 1.12 bits per heavy atom. The second-order valence-corrected chi connectivity index (χ2v) is 4.36. The van der Waals surface area contributed by atoms with Crippen molar-refractivity contribution in [2.45, 2.75) is 19.0 Å². The van der Waals surface area contributed by atoms with Crippen molar-refractivity contribution in [3.63, 3.8) is 0 Å². The van der Waals surface area contributed by atoms with Crippen LogP contribution in [0.1, 0.15) is 24.0 Å². The summed E-state index contributed by atoms with van der Waals surface area (Å²) in [4.78, 5) is 0. The molecule has 2 rings (SSSR count). The molecular formula is C12H14F3N. The van der Waals surface area contributed by atoms with Crippen molar-refractivity contribution in [3.8, 4) is 0 Å². The normalized spacial score (nSPS) is 26.0. The zero-order valence-electron chi connectivity index (χ0n) is 9.01. The van der Waals surface area contributed by atoms with Gasteiger partial charge in [0, 0.05) is 12.5 Å². The molecule has 1 N–H and O–H groups in total. The third kappa shape index (κ3) is 2.21. The Morgan fingerprint density at radius 3 is 2.19 bits per heavy atom. The van der Waals surface area contributed by atoms with Crippen LogP contribution in [-0.4, -0.2) is 13.1 Å². The predicted octanol–water partition coefficient (Wildman–Crippen LogP) is 3.03. The van der Waals surface area contributed by atoms with Gasteiger partial charge in [0.05, 0.1) is 5.56 Å². The van der Waals surface area contributed by atoms with E-state index in [-0.39, 0.29) is 0 Å². The summed E-state index contributed by atoms with van der Waals surface area (Å²) in [7, 11) is 0. The molecule has 88 valence electrons. The second kappa shape index (κ2) is 4.09. The molecule has 4 heteroatoms. The molecular weight excluding hydrogens is 215 g/mol. The van der Waals surface area contributed by atoms with Gasteiger partial charge in [0.2, 0.25) is 0 Å². The van der Waals surface area contributed by atoms with Crippen LogP contribution < -0.4 is 5.32 Å². The van der Waals surface area contributed by atoms with E-state index in [2.05, 4.69) is 12.2 Å². The topological polar surface area (TPSA) is 12.0 Å². The zero-order valence-corrected chi connectivity index (χ0v) is 9.01. The molecule has 0 saturated carbocycles. The van der Waals surface area contributed by atoms with Gasteiger partial charge >= 0.3 is 6.18 Å². The van der Waals surface area contributed by atoms with E-state index in [0.717, 1.165) is 18.7 Å². The SMILES string of the molecule is C[C@@H]1CNCC1c1ccc(C(F)(F)F)cc1. The van der Waals surface area contributed by atoms with Crippen LogP contribution in [0.15, 0.2) is 24.3 Å². The van der Waals surface area contributed by atoms with E-state index in [0.29, 0.717) is 11.8 Å². The fourth-order valence-electron chi connectivity index (χ4n) is 2.18. The molecule has 0 amide bonds. The Balaban J connectivity index is 2.19. The lowest BCUT2D eigenvalue weighted by Gasteiger charge is -2.15. The van der Waals surface area contributed by atoms with Crippen molar-refractivity contribution in [1.82, 2.24) is 5.32 Å². The molecule has 1 aromatic rings. The summed E-state index contributed by atoms with van der Waals surface area (Å²) in [5.74, 6) is 0.819. The largest absolute Gasteiger partial charge is 0.416 e. The highest BCUT2D eigenvalue weighted by Gasteiger charge is 2.31. The number of hydrogen-bond acceptors (Lipinski definition) is 1. The number of rotatable bonds is 1. The summed E-state index contributed by atoms with van der Waals surface area (Å²) < 4.78 is 37.1. The minimum absolute atomic E-state index is 0.335. The van der Waals surface area contributed by atoms with Crippen LogP contribution in [-0.2, 0) is 6.18 Å². The summed E-state index contributed by atoms with van der Waals surface area (Å²) in [6, 6.07) is 5.52. The molecule has 1 aliphatic heterocycles. The molecule has 1 aromatic carbocycles. The van der Waals surface area contributed by atoms with E-state index in [1.807, 2.05) is 0 Å². The fraction of sp³-hybridized carbons (Fsp3) is 0.500. The number of benzene rings is 1. The zero-order chi connectivity index (χ0) is 11.8. The quantitative estimate of drug-likeness (QED) is 0.780. The minimum atomic E-state index is -4.24. The molecule has 1 fully saturated rings. The van der Waals surface area contributed by atoms with Crippen LogP contribution in [0.3, 0.4) is 0 Å². The molecule has 1 nitrogen and oxygen atoms in total. The Kier molecular flexibility index (Phi) is 2.93. The molecule has 0 aromatic heterocycles. The van der Waals surface area contributed by atoms with Crippen LogP contribution in [0.2, 0.25) is 0 Å². The van der Waals surface area contributed by atoms with Gasteiger partial charge in [-0.1, -0.05) is 19.1 Å². The number of hydrogen-bond donors (Lipinski definition) is 1. The Hall–Kier alpha value is -1.03. The second-order valence-electron chi connectivity index (χ2n) is 4.36. The summed E-state index contributed by atoms with van der Waals surface area (Å²) in [5.41, 5.74) is 0.417. The first-order valence-electron chi connectivity index (χ1n) is 5.36. The first-order valence-corrected chi connectivity index (χ1v) is 5.36. The van der Waals surface area contributed by atoms with Gasteiger partial charge in [-0.25, -0.2) is 0 Å². The maximum absolute atomic E-state index is 12.4.